The molecular formula is C12H18BrN3. The molecule has 4 heteroatoms. The minimum atomic E-state index is 0.653. The molecule has 0 saturated heterocycles. The van der Waals surface area contributed by atoms with E-state index in [0.29, 0.717) is 6.04 Å². The van der Waals surface area contributed by atoms with E-state index in [1.54, 1.807) is 0 Å². The third-order valence-electron chi connectivity index (χ3n) is 3.21. The van der Waals surface area contributed by atoms with Gasteiger partial charge in [0, 0.05) is 30.3 Å². The number of hydrogen-bond donors (Lipinski definition) is 0. The van der Waals surface area contributed by atoms with E-state index in [4.69, 9.17) is 0 Å². The van der Waals surface area contributed by atoms with Crippen LogP contribution in [0.15, 0.2) is 12.4 Å². The lowest BCUT2D eigenvalue weighted by atomic mass is 10.2. The zero-order valence-corrected chi connectivity index (χ0v) is 11.3. The molecule has 16 heavy (non-hydrogen) atoms. The molecule has 0 N–H and O–H groups in total. The van der Waals surface area contributed by atoms with Crippen LogP contribution in [0.4, 0.5) is 5.95 Å². The lowest BCUT2D eigenvalue weighted by Crippen LogP contribution is -2.34. The maximum atomic E-state index is 4.45. The molecule has 0 amide bonds. The van der Waals surface area contributed by atoms with Gasteiger partial charge < -0.3 is 4.90 Å². The predicted octanol–water partition coefficient (Wildman–Crippen LogP) is 3.14. The van der Waals surface area contributed by atoms with Crippen LogP contribution in [0.25, 0.3) is 0 Å². The first-order valence-corrected chi connectivity index (χ1v) is 7.10. The lowest BCUT2D eigenvalue weighted by molar-refractivity contribution is 0.604. The molecule has 1 aromatic heterocycles. The van der Waals surface area contributed by atoms with Crippen molar-refractivity contribution in [1.82, 2.24) is 9.97 Å². The number of hydrogen-bond acceptors (Lipinski definition) is 3. The summed E-state index contributed by atoms with van der Waals surface area (Å²) in [6, 6.07) is 0.653. The van der Waals surface area contributed by atoms with Gasteiger partial charge >= 0.3 is 0 Å². The number of alkyl halides is 1. The van der Waals surface area contributed by atoms with Gasteiger partial charge in [-0.3, -0.25) is 0 Å². The Hall–Kier alpha value is -0.640. The minimum absolute atomic E-state index is 0.653. The van der Waals surface area contributed by atoms with Gasteiger partial charge in [-0.25, -0.2) is 9.97 Å². The summed E-state index contributed by atoms with van der Waals surface area (Å²) in [6.45, 7) is 3.18. The van der Waals surface area contributed by atoms with Crippen molar-refractivity contribution in [2.75, 3.05) is 11.4 Å². The molecule has 1 aromatic rings. The fourth-order valence-corrected chi connectivity index (χ4v) is 2.63. The van der Waals surface area contributed by atoms with Crippen LogP contribution in [0, 0.1) is 0 Å². The van der Waals surface area contributed by atoms with Crippen LogP contribution in [0.5, 0.6) is 0 Å². The molecule has 0 radical (unpaired) electrons. The minimum Gasteiger partial charge on any atom is -0.338 e. The van der Waals surface area contributed by atoms with Crippen LogP contribution < -0.4 is 4.90 Å². The summed E-state index contributed by atoms with van der Waals surface area (Å²) in [4.78, 5) is 11.2. The Balaban J connectivity index is 2.12. The lowest BCUT2D eigenvalue weighted by Gasteiger charge is -2.27. The quantitative estimate of drug-likeness (QED) is 0.795. The summed E-state index contributed by atoms with van der Waals surface area (Å²) in [5, 5.41) is 0.822. The van der Waals surface area contributed by atoms with Crippen LogP contribution in [0.3, 0.4) is 0 Å². The summed E-state index contributed by atoms with van der Waals surface area (Å²) in [5.74, 6) is 0.888. The highest BCUT2D eigenvalue weighted by molar-refractivity contribution is 9.08. The van der Waals surface area contributed by atoms with Crippen LogP contribution in [0.1, 0.15) is 38.2 Å². The smallest absolute Gasteiger partial charge is 0.225 e. The maximum Gasteiger partial charge on any atom is 0.225 e. The van der Waals surface area contributed by atoms with Gasteiger partial charge in [0.25, 0.3) is 0 Å². The zero-order valence-electron chi connectivity index (χ0n) is 9.69. The van der Waals surface area contributed by atoms with E-state index in [1.165, 1.54) is 25.7 Å². The Morgan fingerprint density at radius 2 is 1.94 bits per heavy atom. The van der Waals surface area contributed by atoms with E-state index in [-0.39, 0.29) is 0 Å². The van der Waals surface area contributed by atoms with Crippen molar-refractivity contribution < 1.29 is 0 Å². The Labute approximate surface area is 105 Å². The first-order chi connectivity index (χ1) is 7.85. The summed E-state index contributed by atoms with van der Waals surface area (Å²) in [5.41, 5.74) is 1.13. The van der Waals surface area contributed by atoms with Gasteiger partial charge in [-0.1, -0.05) is 28.8 Å². The molecule has 1 aliphatic carbocycles. The van der Waals surface area contributed by atoms with Crippen molar-refractivity contribution in [2.24, 2.45) is 0 Å². The maximum absolute atomic E-state index is 4.45. The largest absolute Gasteiger partial charge is 0.338 e. The Morgan fingerprint density at radius 3 is 2.44 bits per heavy atom. The summed E-state index contributed by atoms with van der Waals surface area (Å²) in [7, 11) is 0. The molecule has 0 atom stereocenters. The summed E-state index contributed by atoms with van der Waals surface area (Å²) < 4.78 is 0. The fourth-order valence-electron chi connectivity index (χ4n) is 2.34. The molecule has 0 aromatic carbocycles. The fraction of sp³-hybridized carbons (Fsp3) is 0.667. The Morgan fingerprint density at radius 1 is 1.31 bits per heavy atom. The standard InChI is InChI=1S/C12H18BrN3/c1-2-16(11-5-3-4-6-11)12-14-8-10(7-13)9-15-12/h8-9,11H,2-7H2,1H3. The normalized spacial score (nSPS) is 16.6. The number of halogens is 1. The van der Waals surface area contributed by atoms with Gasteiger partial charge in [-0.05, 0) is 25.3 Å². The van der Waals surface area contributed by atoms with Gasteiger partial charge in [-0.2, -0.15) is 0 Å². The first kappa shape index (κ1) is 11.8. The van der Waals surface area contributed by atoms with E-state index in [9.17, 15) is 0 Å². The molecule has 0 aliphatic heterocycles. The van der Waals surface area contributed by atoms with Crippen LogP contribution in [-0.4, -0.2) is 22.6 Å². The van der Waals surface area contributed by atoms with Crippen molar-refractivity contribution in [3.8, 4) is 0 Å². The van der Waals surface area contributed by atoms with Gasteiger partial charge in [-0.15, -0.1) is 0 Å². The van der Waals surface area contributed by atoms with E-state index in [1.807, 2.05) is 12.4 Å². The molecule has 1 fully saturated rings. The summed E-state index contributed by atoms with van der Waals surface area (Å²) >= 11 is 3.41. The third-order valence-corrected chi connectivity index (χ3v) is 3.86. The van der Waals surface area contributed by atoms with E-state index >= 15 is 0 Å². The van der Waals surface area contributed by atoms with Gasteiger partial charge in [0.05, 0.1) is 0 Å². The van der Waals surface area contributed by atoms with Crippen molar-refractivity contribution in [3.63, 3.8) is 0 Å². The second kappa shape index (κ2) is 5.62. The predicted molar refractivity (Wildman–Crippen MR) is 69.9 cm³/mol. The molecule has 0 bridgehead atoms. The van der Waals surface area contributed by atoms with Crippen LogP contribution in [0.2, 0.25) is 0 Å². The molecule has 3 nitrogen and oxygen atoms in total. The van der Waals surface area contributed by atoms with Gasteiger partial charge in [0.15, 0.2) is 0 Å². The SMILES string of the molecule is CCN(c1ncc(CBr)cn1)C1CCCC1. The average Bonchev–Trinajstić information content (AvgIpc) is 2.85. The first-order valence-electron chi connectivity index (χ1n) is 5.98. The van der Waals surface area contributed by atoms with Crippen molar-refractivity contribution in [2.45, 2.75) is 44.0 Å². The highest BCUT2D eigenvalue weighted by Crippen LogP contribution is 2.25. The van der Waals surface area contributed by atoms with Crippen molar-refractivity contribution in [3.05, 3.63) is 18.0 Å². The highest BCUT2D eigenvalue weighted by Gasteiger charge is 2.23. The topological polar surface area (TPSA) is 29.0 Å². The highest BCUT2D eigenvalue weighted by atomic mass is 79.9. The molecule has 2 rings (SSSR count). The van der Waals surface area contributed by atoms with Gasteiger partial charge in [0.1, 0.15) is 0 Å². The molecule has 0 unspecified atom stereocenters. The zero-order chi connectivity index (χ0) is 11.4. The van der Waals surface area contributed by atoms with Crippen molar-refractivity contribution >= 4 is 21.9 Å². The number of nitrogens with zero attached hydrogens (tertiary/aromatic N) is 3. The van der Waals surface area contributed by atoms with Gasteiger partial charge in [0.2, 0.25) is 5.95 Å². The second-order valence-corrected chi connectivity index (χ2v) is 4.81. The molecule has 1 aliphatic rings. The Bertz CT molecular complexity index is 320. The second-order valence-electron chi connectivity index (χ2n) is 4.25. The molecule has 0 spiro atoms. The number of aromatic nitrogens is 2. The average molecular weight is 284 g/mol. The molecule has 1 heterocycles. The van der Waals surface area contributed by atoms with E-state index in [2.05, 4.69) is 37.7 Å². The van der Waals surface area contributed by atoms with E-state index < -0.39 is 0 Å². The molecule has 1 saturated carbocycles. The van der Waals surface area contributed by atoms with Crippen LogP contribution in [-0.2, 0) is 5.33 Å². The van der Waals surface area contributed by atoms with E-state index in [0.717, 1.165) is 23.4 Å². The van der Waals surface area contributed by atoms with Crippen LogP contribution >= 0.6 is 15.9 Å². The number of anilines is 1. The third kappa shape index (κ3) is 2.54. The molecule has 88 valence electrons. The molecular weight excluding hydrogens is 266 g/mol. The monoisotopic (exact) mass is 283 g/mol. The number of rotatable bonds is 4. The van der Waals surface area contributed by atoms with Crippen molar-refractivity contribution in [1.29, 1.82) is 0 Å². The summed E-state index contributed by atoms with van der Waals surface area (Å²) in [6.07, 6.45) is 9.10. The Kier molecular flexibility index (Phi) is 4.16.